The molecule has 1 aromatic heterocycles. The van der Waals surface area contributed by atoms with Crippen LogP contribution in [0.1, 0.15) is 21.1 Å². The van der Waals surface area contributed by atoms with Crippen LogP contribution >= 0.6 is 34.5 Å². The molecule has 1 aliphatic rings. The average molecular weight is 301 g/mol. The number of carbonyl (C=O) groups is 1. The quantitative estimate of drug-likeness (QED) is 0.845. The van der Waals surface area contributed by atoms with Crippen molar-refractivity contribution in [3.8, 4) is 0 Å². The summed E-state index contributed by atoms with van der Waals surface area (Å²) in [4.78, 5) is 16.8. The second-order valence-electron chi connectivity index (χ2n) is 3.69. The molecule has 0 unspecified atom stereocenters. The van der Waals surface area contributed by atoms with Crippen LogP contribution in [0.3, 0.4) is 0 Å². The fourth-order valence-corrected chi connectivity index (χ4v) is 2.96. The smallest absolute Gasteiger partial charge is 0.209 e. The molecule has 1 aliphatic carbocycles. The molecule has 6 heteroatoms. The van der Waals surface area contributed by atoms with Gasteiger partial charge in [0.2, 0.25) is 5.78 Å². The van der Waals surface area contributed by atoms with Crippen LogP contribution in [-0.2, 0) is 0 Å². The first kappa shape index (κ1) is 13.3. The predicted molar refractivity (Wildman–Crippen MR) is 76.2 cm³/mol. The summed E-state index contributed by atoms with van der Waals surface area (Å²) in [6.07, 6.45) is 5.89. The number of halogens is 2. The number of Topliss-reactive ketones (excluding diaryl/α,β-unsaturated/α-hetero) is 1. The molecule has 0 bridgehead atoms. The third kappa shape index (κ3) is 2.51. The highest BCUT2D eigenvalue weighted by atomic mass is 35.5. The maximum Gasteiger partial charge on any atom is 0.209 e. The van der Waals surface area contributed by atoms with Gasteiger partial charge in [0.05, 0.1) is 15.6 Å². The Balaban J connectivity index is 2.51. The van der Waals surface area contributed by atoms with Gasteiger partial charge in [0.15, 0.2) is 0 Å². The van der Waals surface area contributed by atoms with Gasteiger partial charge in [-0.1, -0.05) is 35.4 Å². The highest BCUT2D eigenvalue weighted by molar-refractivity contribution is 7.14. The number of carbonyl (C=O) groups excluding carboxylic acids is 1. The van der Waals surface area contributed by atoms with E-state index in [9.17, 15) is 4.79 Å². The number of nitrogens with two attached hydrogens (primary N) is 1. The lowest BCUT2D eigenvalue weighted by Gasteiger charge is -2.05. The van der Waals surface area contributed by atoms with E-state index in [4.69, 9.17) is 28.9 Å². The SMILES string of the molecule is Cc1nc(N)c(C(=O)C2=C(Cl)C=CCC=C2Cl)s1. The Labute approximate surface area is 119 Å². The molecule has 3 nitrogen and oxygen atoms in total. The van der Waals surface area contributed by atoms with Gasteiger partial charge in [-0.25, -0.2) is 4.98 Å². The summed E-state index contributed by atoms with van der Waals surface area (Å²) in [6.45, 7) is 1.79. The van der Waals surface area contributed by atoms with Crippen molar-refractivity contribution in [3.05, 3.63) is 43.8 Å². The molecule has 0 saturated heterocycles. The van der Waals surface area contributed by atoms with Crippen LogP contribution < -0.4 is 5.73 Å². The summed E-state index contributed by atoms with van der Waals surface area (Å²) >= 11 is 13.4. The van der Waals surface area contributed by atoms with Crippen LogP contribution in [0.2, 0.25) is 0 Å². The summed E-state index contributed by atoms with van der Waals surface area (Å²) in [5.41, 5.74) is 5.99. The number of nitrogen functional groups attached to an aromatic ring is 1. The van der Waals surface area contributed by atoms with Gasteiger partial charge in [-0.2, -0.15) is 0 Å². The van der Waals surface area contributed by atoms with Crippen molar-refractivity contribution in [2.45, 2.75) is 13.3 Å². The Kier molecular flexibility index (Phi) is 3.90. The van der Waals surface area contributed by atoms with Crippen molar-refractivity contribution in [1.29, 1.82) is 0 Å². The molecule has 2 N–H and O–H groups in total. The molecule has 0 aliphatic heterocycles. The van der Waals surface area contributed by atoms with E-state index < -0.39 is 0 Å². The summed E-state index contributed by atoms with van der Waals surface area (Å²) in [6, 6.07) is 0. The third-order valence-corrected chi connectivity index (χ3v) is 4.01. The molecule has 0 saturated carbocycles. The minimum absolute atomic E-state index is 0.220. The van der Waals surface area contributed by atoms with E-state index in [1.165, 1.54) is 11.3 Å². The minimum Gasteiger partial charge on any atom is -0.382 e. The van der Waals surface area contributed by atoms with Gasteiger partial charge in [-0.05, 0) is 19.4 Å². The normalized spacial score (nSPS) is 15.6. The second kappa shape index (κ2) is 5.26. The molecule has 2 rings (SSSR count). The maximum atomic E-state index is 12.4. The fraction of sp³-hybridized carbons (Fsp3) is 0.167. The molecule has 1 heterocycles. The summed E-state index contributed by atoms with van der Waals surface area (Å²) in [7, 11) is 0. The van der Waals surface area contributed by atoms with Gasteiger partial charge in [-0.15, -0.1) is 11.3 Å². The topological polar surface area (TPSA) is 56.0 Å². The molecule has 0 spiro atoms. The van der Waals surface area contributed by atoms with Gasteiger partial charge in [0, 0.05) is 5.03 Å². The van der Waals surface area contributed by atoms with Gasteiger partial charge in [-0.3, -0.25) is 4.79 Å². The lowest BCUT2D eigenvalue weighted by atomic mass is 10.1. The Bertz CT molecular complexity index is 599. The van der Waals surface area contributed by atoms with E-state index >= 15 is 0 Å². The number of rotatable bonds is 2. The molecule has 18 heavy (non-hydrogen) atoms. The zero-order valence-electron chi connectivity index (χ0n) is 9.54. The lowest BCUT2D eigenvalue weighted by molar-refractivity contribution is 0.104. The number of nitrogens with zero attached hydrogens (tertiary/aromatic N) is 1. The molecule has 1 aromatic rings. The summed E-state index contributed by atoms with van der Waals surface area (Å²) < 4.78 is 0. The summed E-state index contributed by atoms with van der Waals surface area (Å²) in [5, 5.41) is 1.40. The Morgan fingerprint density at radius 1 is 1.50 bits per heavy atom. The second-order valence-corrected chi connectivity index (χ2v) is 5.71. The van der Waals surface area contributed by atoms with Gasteiger partial charge < -0.3 is 5.73 Å². The third-order valence-electron chi connectivity index (χ3n) is 2.37. The van der Waals surface area contributed by atoms with Crippen LogP contribution in [0, 0.1) is 6.92 Å². The maximum absolute atomic E-state index is 12.4. The fourth-order valence-electron chi connectivity index (χ4n) is 1.58. The van der Waals surface area contributed by atoms with Crippen molar-refractivity contribution in [2.24, 2.45) is 0 Å². The monoisotopic (exact) mass is 300 g/mol. The zero-order valence-corrected chi connectivity index (χ0v) is 11.9. The van der Waals surface area contributed by atoms with Gasteiger partial charge in [0.25, 0.3) is 0 Å². The van der Waals surface area contributed by atoms with Crippen molar-refractivity contribution >= 4 is 46.1 Å². The number of aromatic nitrogens is 1. The molecule has 0 atom stereocenters. The Hall–Kier alpha value is -1.10. The first-order chi connectivity index (χ1) is 8.50. The number of anilines is 1. The minimum atomic E-state index is -0.282. The summed E-state index contributed by atoms with van der Waals surface area (Å²) in [5.74, 6) is -0.0620. The van der Waals surface area contributed by atoms with E-state index in [-0.39, 0.29) is 17.2 Å². The molecular weight excluding hydrogens is 291 g/mol. The van der Waals surface area contributed by atoms with Crippen molar-refractivity contribution in [3.63, 3.8) is 0 Å². The first-order valence-corrected chi connectivity index (χ1v) is 6.78. The van der Waals surface area contributed by atoms with Gasteiger partial charge in [0.1, 0.15) is 10.7 Å². The molecule has 0 radical (unpaired) electrons. The standard InChI is InChI=1S/C12H10Cl2N2OS/c1-6-16-12(15)11(18-6)10(17)9-7(13)4-2-3-5-8(9)14/h2,4-5H,3,15H2,1H3. The number of aryl methyl sites for hydroxylation is 1. The molecule has 0 fully saturated rings. The van der Waals surface area contributed by atoms with Crippen LogP contribution in [0.4, 0.5) is 5.82 Å². The largest absolute Gasteiger partial charge is 0.382 e. The first-order valence-electron chi connectivity index (χ1n) is 5.20. The van der Waals surface area contributed by atoms with Gasteiger partial charge >= 0.3 is 0 Å². The number of ketones is 1. The average Bonchev–Trinajstić information content (AvgIpc) is 2.54. The zero-order chi connectivity index (χ0) is 13.3. The molecule has 0 amide bonds. The van der Waals surface area contributed by atoms with Crippen LogP contribution in [0.25, 0.3) is 0 Å². The molecule has 94 valence electrons. The van der Waals surface area contributed by atoms with E-state index in [1.54, 1.807) is 19.1 Å². The van der Waals surface area contributed by atoms with E-state index in [2.05, 4.69) is 4.98 Å². The van der Waals surface area contributed by atoms with E-state index in [1.807, 2.05) is 6.08 Å². The van der Waals surface area contributed by atoms with E-state index in [0.717, 1.165) is 5.01 Å². The highest BCUT2D eigenvalue weighted by Crippen LogP contribution is 2.32. The number of thiazole rings is 1. The molecular formula is C12H10Cl2N2OS. The Morgan fingerprint density at radius 2 is 2.22 bits per heavy atom. The van der Waals surface area contributed by atoms with Crippen molar-refractivity contribution < 1.29 is 4.79 Å². The number of hydrogen-bond donors (Lipinski definition) is 1. The van der Waals surface area contributed by atoms with Crippen molar-refractivity contribution in [2.75, 3.05) is 5.73 Å². The molecule has 0 aromatic carbocycles. The van der Waals surface area contributed by atoms with Crippen molar-refractivity contribution in [1.82, 2.24) is 4.98 Å². The van der Waals surface area contributed by atoms with E-state index in [0.29, 0.717) is 21.4 Å². The lowest BCUT2D eigenvalue weighted by Crippen LogP contribution is -2.06. The van der Waals surface area contributed by atoms with Crippen LogP contribution in [0.5, 0.6) is 0 Å². The number of allylic oxidation sites excluding steroid dienone is 6. The predicted octanol–water partition coefficient (Wildman–Crippen LogP) is 3.79. The highest BCUT2D eigenvalue weighted by Gasteiger charge is 2.23. The number of hydrogen-bond acceptors (Lipinski definition) is 4. The van der Waals surface area contributed by atoms with Crippen LogP contribution in [-0.4, -0.2) is 10.8 Å². The Morgan fingerprint density at radius 3 is 2.83 bits per heavy atom. The van der Waals surface area contributed by atoms with Crippen LogP contribution in [0.15, 0.2) is 33.9 Å².